The molecular weight excluding hydrogens is 280 g/mol. The van der Waals surface area contributed by atoms with Gasteiger partial charge in [-0.15, -0.1) is 0 Å². The molecule has 0 saturated carbocycles. The summed E-state index contributed by atoms with van der Waals surface area (Å²) in [5, 5.41) is 0. The lowest BCUT2D eigenvalue weighted by Crippen LogP contribution is -2.45. The van der Waals surface area contributed by atoms with Crippen molar-refractivity contribution < 1.29 is 17.9 Å². The second-order valence-corrected chi connectivity index (χ2v) is 7.42. The van der Waals surface area contributed by atoms with E-state index < -0.39 is 16.1 Å². The summed E-state index contributed by atoms with van der Waals surface area (Å²) in [6, 6.07) is 0. The number of piperidine rings is 1. The van der Waals surface area contributed by atoms with Gasteiger partial charge in [0, 0.05) is 19.6 Å². The molecule has 0 aromatic carbocycles. The zero-order chi connectivity index (χ0) is 15.2. The van der Waals surface area contributed by atoms with Crippen LogP contribution in [0.5, 0.6) is 0 Å². The van der Waals surface area contributed by atoms with Crippen LogP contribution in [-0.4, -0.2) is 45.4 Å². The Morgan fingerprint density at radius 1 is 1.25 bits per heavy atom. The average molecular weight is 306 g/mol. The van der Waals surface area contributed by atoms with E-state index in [0.29, 0.717) is 25.4 Å². The van der Waals surface area contributed by atoms with E-state index >= 15 is 0 Å². The van der Waals surface area contributed by atoms with Gasteiger partial charge in [0.1, 0.15) is 0 Å². The van der Waals surface area contributed by atoms with Crippen molar-refractivity contribution in [3.63, 3.8) is 0 Å². The number of ether oxygens (including phenoxy) is 1. The molecule has 1 atom stereocenters. The summed E-state index contributed by atoms with van der Waals surface area (Å²) in [6.07, 6.45) is 3.47. The summed E-state index contributed by atoms with van der Waals surface area (Å²) >= 11 is 0. The molecule has 1 N–H and O–H groups in total. The fourth-order valence-electron chi connectivity index (χ4n) is 2.40. The molecule has 1 rings (SSSR count). The minimum atomic E-state index is -3.48. The fourth-order valence-corrected chi connectivity index (χ4v) is 3.73. The molecule has 0 bridgehead atoms. The van der Waals surface area contributed by atoms with Gasteiger partial charge in [-0.1, -0.05) is 20.3 Å². The zero-order valence-electron chi connectivity index (χ0n) is 12.6. The van der Waals surface area contributed by atoms with Gasteiger partial charge in [-0.2, -0.15) is 12.7 Å². The Balaban J connectivity index is 2.58. The van der Waals surface area contributed by atoms with E-state index in [1.807, 2.05) is 13.8 Å². The SMILES string of the molecule is COC(=O)[C@H](CNS(=O)(=O)N1CCCCC1)CC(C)C. The summed E-state index contributed by atoms with van der Waals surface area (Å²) in [7, 11) is -2.15. The largest absolute Gasteiger partial charge is 0.469 e. The maximum Gasteiger partial charge on any atom is 0.309 e. The van der Waals surface area contributed by atoms with Crippen LogP contribution >= 0.6 is 0 Å². The number of hydrogen-bond acceptors (Lipinski definition) is 4. The molecule has 118 valence electrons. The van der Waals surface area contributed by atoms with Crippen molar-refractivity contribution in [3.05, 3.63) is 0 Å². The summed E-state index contributed by atoms with van der Waals surface area (Å²) in [5.74, 6) is -0.488. The minimum Gasteiger partial charge on any atom is -0.469 e. The summed E-state index contributed by atoms with van der Waals surface area (Å²) in [6.45, 7) is 5.21. The number of carbonyl (C=O) groups excluding carboxylic acids is 1. The van der Waals surface area contributed by atoms with Crippen molar-refractivity contribution in [1.82, 2.24) is 9.03 Å². The van der Waals surface area contributed by atoms with Crippen molar-refractivity contribution in [3.8, 4) is 0 Å². The van der Waals surface area contributed by atoms with Crippen LogP contribution in [0.1, 0.15) is 39.5 Å². The van der Waals surface area contributed by atoms with Crippen LogP contribution < -0.4 is 4.72 Å². The lowest BCUT2D eigenvalue weighted by molar-refractivity contribution is -0.145. The highest BCUT2D eigenvalue weighted by Crippen LogP contribution is 2.15. The van der Waals surface area contributed by atoms with E-state index in [4.69, 9.17) is 4.74 Å². The van der Waals surface area contributed by atoms with Gasteiger partial charge in [0.2, 0.25) is 0 Å². The first kappa shape index (κ1) is 17.4. The normalized spacial score (nSPS) is 19.0. The maximum atomic E-state index is 12.1. The van der Waals surface area contributed by atoms with E-state index in [0.717, 1.165) is 19.3 Å². The average Bonchev–Trinajstić information content (AvgIpc) is 2.43. The van der Waals surface area contributed by atoms with Gasteiger partial charge < -0.3 is 4.74 Å². The monoisotopic (exact) mass is 306 g/mol. The molecule has 1 saturated heterocycles. The predicted molar refractivity (Wildman–Crippen MR) is 77.3 cm³/mol. The Bertz CT molecular complexity index is 403. The smallest absolute Gasteiger partial charge is 0.309 e. The molecule has 1 aliphatic heterocycles. The first-order valence-electron chi connectivity index (χ1n) is 7.19. The van der Waals surface area contributed by atoms with Crippen LogP contribution in [0.15, 0.2) is 0 Å². The van der Waals surface area contributed by atoms with Crippen LogP contribution in [0, 0.1) is 11.8 Å². The van der Waals surface area contributed by atoms with Gasteiger partial charge in [-0.05, 0) is 25.2 Å². The number of nitrogens with zero attached hydrogens (tertiary/aromatic N) is 1. The van der Waals surface area contributed by atoms with Gasteiger partial charge in [0.25, 0.3) is 10.2 Å². The van der Waals surface area contributed by atoms with E-state index in [9.17, 15) is 13.2 Å². The van der Waals surface area contributed by atoms with E-state index in [1.54, 1.807) is 0 Å². The topological polar surface area (TPSA) is 75.7 Å². The van der Waals surface area contributed by atoms with E-state index in [2.05, 4.69) is 4.72 Å². The molecule has 0 aromatic heterocycles. The van der Waals surface area contributed by atoms with Gasteiger partial charge in [-0.25, -0.2) is 4.72 Å². The predicted octanol–water partition coefficient (Wildman–Crippen LogP) is 1.14. The Morgan fingerprint density at radius 2 is 1.85 bits per heavy atom. The number of rotatable bonds is 7. The highest BCUT2D eigenvalue weighted by Gasteiger charge is 2.27. The van der Waals surface area contributed by atoms with Gasteiger partial charge in [0.15, 0.2) is 0 Å². The van der Waals surface area contributed by atoms with Crippen LogP contribution in [0.4, 0.5) is 0 Å². The fraction of sp³-hybridized carbons (Fsp3) is 0.923. The highest BCUT2D eigenvalue weighted by molar-refractivity contribution is 7.87. The second-order valence-electron chi connectivity index (χ2n) is 5.66. The van der Waals surface area contributed by atoms with Crippen LogP contribution in [0.3, 0.4) is 0 Å². The standard InChI is InChI=1S/C13H26N2O4S/c1-11(2)9-12(13(16)19-3)10-14-20(17,18)15-7-5-4-6-8-15/h11-12,14H,4-10H2,1-3H3/t12-/m0/s1. The number of methoxy groups -OCH3 is 1. The molecule has 7 heteroatoms. The third-order valence-electron chi connectivity index (χ3n) is 3.46. The number of hydrogen-bond donors (Lipinski definition) is 1. The van der Waals surface area contributed by atoms with Gasteiger partial charge in [-0.3, -0.25) is 4.79 Å². The molecule has 1 fully saturated rings. The Labute approximate surface area is 122 Å². The first-order chi connectivity index (χ1) is 9.36. The molecule has 20 heavy (non-hydrogen) atoms. The number of carbonyl (C=O) groups is 1. The molecule has 0 amide bonds. The van der Waals surface area contributed by atoms with Crippen molar-refractivity contribution in [2.45, 2.75) is 39.5 Å². The summed E-state index contributed by atoms with van der Waals surface area (Å²) < 4.78 is 33.0. The summed E-state index contributed by atoms with van der Waals surface area (Å²) in [5.41, 5.74) is 0. The van der Waals surface area contributed by atoms with E-state index in [-0.39, 0.29) is 12.5 Å². The summed E-state index contributed by atoms with van der Waals surface area (Å²) in [4.78, 5) is 11.7. The molecule has 6 nitrogen and oxygen atoms in total. The highest BCUT2D eigenvalue weighted by atomic mass is 32.2. The zero-order valence-corrected chi connectivity index (χ0v) is 13.4. The molecule has 0 spiro atoms. The third-order valence-corrected chi connectivity index (χ3v) is 5.03. The molecule has 0 radical (unpaired) electrons. The molecule has 0 aliphatic carbocycles. The van der Waals surface area contributed by atoms with Gasteiger partial charge >= 0.3 is 5.97 Å². The lowest BCUT2D eigenvalue weighted by Gasteiger charge is -2.27. The second kappa shape index (κ2) is 7.95. The molecular formula is C13H26N2O4S. The molecule has 1 heterocycles. The van der Waals surface area contributed by atoms with Crippen LogP contribution in [-0.2, 0) is 19.7 Å². The Morgan fingerprint density at radius 3 is 2.35 bits per heavy atom. The lowest BCUT2D eigenvalue weighted by atomic mass is 9.97. The Kier molecular flexibility index (Phi) is 6.91. The molecule has 0 aromatic rings. The molecule has 0 unspecified atom stereocenters. The third kappa shape index (κ3) is 5.38. The van der Waals surface area contributed by atoms with Crippen molar-refractivity contribution in [1.29, 1.82) is 0 Å². The van der Waals surface area contributed by atoms with Crippen molar-refractivity contribution in [2.24, 2.45) is 11.8 Å². The number of nitrogens with one attached hydrogen (secondary N) is 1. The number of esters is 1. The molecule has 1 aliphatic rings. The quantitative estimate of drug-likeness (QED) is 0.716. The van der Waals surface area contributed by atoms with Crippen LogP contribution in [0.2, 0.25) is 0 Å². The van der Waals surface area contributed by atoms with Crippen LogP contribution in [0.25, 0.3) is 0 Å². The maximum absolute atomic E-state index is 12.1. The van der Waals surface area contributed by atoms with Gasteiger partial charge in [0.05, 0.1) is 13.0 Å². The van der Waals surface area contributed by atoms with Crippen molar-refractivity contribution >= 4 is 16.2 Å². The Hall–Kier alpha value is -0.660. The first-order valence-corrected chi connectivity index (χ1v) is 8.63. The van der Waals surface area contributed by atoms with Crippen molar-refractivity contribution in [2.75, 3.05) is 26.7 Å². The van der Waals surface area contributed by atoms with E-state index in [1.165, 1.54) is 11.4 Å². The minimum absolute atomic E-state index is 0.101.